The van der Waals surface area contributed by atoms with E-state index in [0.717, 1.165) is 22.4 Å². The van der Waals surface area contributed by atoms with Crippen molar-refractivity contribution >= 4 is 17.9 Å². The summed E-state index contributed by atoms with van der Waals surface area (Å²) in [7, 11) is 0. The van der Waals surface area contributed by atoms with E-state index < -0.39 is 40.1 Å². The van der Waals surface area contributed by atoms with E-state index in [0.29, 0.717) is 13.0 Å². The lowest BCUT2D eigenvalue weighted by Gasteiger charge is -2.71. The summed E-state index contributed by atoms with van der Waals surface area (Å²) in [5, 5.41) is 0. The van der Waals surface area contributed by atoms with Gasteiger partial charge in [0.05, 0.1) is 17.6 Å². The molecule has 214 valence electrons. The molecule has 0 saturated carbocycles. The number of rotatable bonds is 2. The van der Waals surface area contributed by atoms with Crippen molar-refractivity contribution < 1.29 is 23.8 Å². The monoisotopic (exact) mass is 554 g/mol. The molecule has 2 unspecified atom stereocenters. The van der Waals surface area contributed by atoms with Crippen LogP contribution in [0.3, 0.4) is 0 Å². The molecule has 3 heterocycles. The minimum absolute atomic E-state index is 0.136. The molecule has 0 radical (unpaired) electrons. The van der Waals surface area contributed by atoms with Crippen molar-refractivity contribution in [2.45, 2.75) is 75.9 Å². The quantitative estimate of drug-likeness (QED) is 0.342. The molecule has 3 aromatic rings. The summed E-state index contributed by atoms with van der Waals surface area (Å²) >= 11 is 0. The van der Waals surface area contributed by atoms with Gasteiger partial charge in [-0.1, -0.05) is 78.9 Å². The zero-order valence-corrected chi connectivity index (χ0v) is 24.6. The van der Waals surface area contributed by atoms with Gasteiger partial charge in [-0.15, -0.1) is 0 Å². The number of hydrogen-bond donors (Lipinski definition) is 0. The Morgan fingerprint density at radius 2 is 1.24 bits per heavy atom. The fraction of sp³-hybridized carbons (Fsp3) is 0.412. The van der Waals surface area contributed by atoms with E-state index in [1.165, 1.54) is 0 Å². The first-order chi connectivity index (χ1) is 19.3. The molecule has 3 aliphatic rings. The van der Waals surface area contributed by atoms with Gasteiger partial charge >= 0.3 is 12.2 Å². The number of carbonyl (C=O) groups is 2. The van der Waals surface area contributed by atoms with Crippen LogP contribution < -0.4 is 4.90 Å². The van der Waals surface area contributed by atoms with Crippen LogP contribution in [0.25, 0.3) is 0 Å². The molecule has 2 amide bonds. The zero-order chi connectivity index (χ0) is 29.3. The van der Waals surface area contributed by atoms with Gasteiger partial charge in [0, 0.05) is 6.54 Å². The molecule has 3 aromatic carbocycles. The predicted octanol–water partition coefficient (Wildman–Crippen LogP) is 6.99. The lowest BCUT2D eigenvalue weighted by Crippen LogP contribution is -2.86. The molecule has 41 heavy (non-hydrogen) atoms. The fourth-order valence-electron chi connectivity index (χ4n) is 7.06. The summed E-state index contributed by atoms with van der Waals surface area (Å²) in [5.74, 6) is 0. The molecule has 0 aliphatic carbocycles. The average Bonchev–Trinajstić information content (AvgIpc) is 3.12. The van der Waals surface area contributed by atoms with Crippen molar-refractivity contribution in [3.8, 4) is 0 Å². The number of nitrogens with zero attached hydrogens (tertiary/aromatic N) is 2. The lowest BCUT2D eigenvalue weighted by atomic mass is 9.50. The number of para-hydroxylation sites is 1. The predicted molar refractivity (Wildman–Crippen MR) is 157 cm³/mol. The maximum Gasteiger partial charge on any atom is 0.417 e. The number of ether oxygens (including phenoxy) is 3. The molecule has 2 saturated heterocycles. The Balaban J connectivity index is 1.60. The Kier molecular flexibility index (Phi) is 6.05. The van der Waals surface area contributed by atoms with Crippen LogP contribution in [-0.4, -0.2) is 47.1 Å². The number of benzene rings is 3. The normalized spacial score (nSPS) is 24.4. The van der Waals surface area contributed by atoms with Gasteiger partial charge in [-0.3, -0.25) is 0 Å². The standard InChI is InChI=1S/C34H38N2O5/c1-30(2,3)39-28(37)35-22-21-32-26-19-13-14-20-27(26)36(29(38)40-31(4,5)6)33(32,23-35)41-34(32,24-15-9-7-10-16-24)25-17-11-8-12-18-25/h7-20H,21-23H2,1-6H3. The molecule has 7 heteroatoms. The third-order valence-corrected chi connectivity index (χ3v) is 8.31. The zero-order valence-electron chi connectivity index (χ0n) is 24.6. The molecular formula is C34H38N2O5. The van der Waals surface area contributed by atoms with E-state index in [1.807, 2.05) is 96.1 Å². The Bertz CT molecular complexity index is 1440. The molecule has 3 aliphatic heterocycles. The van der Waals surface area contributed by atoms with Crippen molar-refractivity contribution in [3.63, 3.8) is 0 Å². The number of amides is 2. The summed E-state index contributed by atoms with van der Waals surface area (Å²) < 4.78 is 19.1. The maximum atomic E-state index is 14.1. The van der Waals surface area contributed by atoms with Crippen LogP contribution in [-0.2, 0) is 25.2 Å². The number of piperidine rings is 1. The van der Waals surface area contributed by atoms with Crippen LogP contribution in [0.1, 0.15) is 64.7 Å². The van der Waals surface area contributed by atoms with Crippen molar-refractivity contribution in [2.75, 3.05) is 18.0 Å². The number of hydrogen-bond acceptors (Lipinski definition) is 5. The smallest absolute Gasteiger partial charge is 0.417 e. The Morgan fingerprint density at radius 3 is 1.80 bits per heavy atom. The molecule has 0 spiro atoms. The van der Waals surface area contributed by atoms with Crippen molar-refractivity contribution in [1.82, 2.24) is 4.90 Å². The summed E-state index contributed by atoms with van der Waals surface area (Å²) in [6.45, 7) is 11.7. The molecule has 7 nitrogen and oxygen atoms in total. The second-order valence-electron chi connectivity index (χ2n) is 13.2. The van der Waals surface area contributed by atoms with Crippen molar-refractivity contribution in [2.24, 2.45) is 0 Å². The van der Waals surface area contributed by atoms with Crippen LogP contribution in [0, 0.1) is 0 Å². The van der Waals surface area contributed by atoms with Crippen LogP contribution in [0.4, 0.5) is 15.3 Å². The summed E-state index contributed by atoms with van der Waals surface area (Å²) in [6, 6.07) is 28.4. The minimum Gasteiger partial charge on any atom is -0.444 e. The maximum absolute atomic E-state index is 14.1. The Labute approximate surface area is 242 Å². The summed E-state index contributed by atoms with van der Waals surface area (Å²) in [6.07, 6.45) is -0.388. The van der Waals surface area contributed by atoms with Gasteiger partial charge < -0.3 is 19.1 Å². The highest BCUT2D eigenvalue weighted by Crippen LogP contribution is 2.74. The van der Waals surface area contributed by atoms with E-state index in [1.54, 1.807) is 9.80 Å². The average molecular weight is 555 g/mol. The molecule has 2 fully saturated rings. The number of anilines is 1. The van der Waals surface area contributed by atoms with Gasteiger partial charge in [-0.05, 0) is 70.7 Å². The second-order valence-corrected chi connectivity index (χ2v) is 13.2. The first-order valence-electron chi connectivity index (χ1n) is 14.3. The topological polar surface area (TPSA) is 68.3 Å². The van der Waals surface area contributed by atoms with Crippen LogP contribution >= 0.6 is 0 Å². The van der Waals surface area contributed by atoms with E-state index in [9.17, 15) is 9.59 Å². The van der Waals surface area contributed by atoms with Crippen LogP contribution in [0.15, 0.2) is 84.9 Å². The Hall–Kier alpha value is -3.84. The lowest BCUT2D eigenvalue weighted by molar-refractivity contribution is -0.341. The minimum atomic E-state index is -1.22. The van der Waals surface area contributed by atoms with E-state index >= 15 is 0 Å². The van der Waals surface area contributed by atoms with Gasteiger partial charge in [-0.2, -0.15) is 0 Å². The third-order valence-electron chi connectivity index (χ3n) is 8.31. The van der Waals surface area contributed by atoms with Crippen molar-refractivity contribution in [3.05, 3.63) is 102 Å². The number of carbonyl (C=O) groups excluding carboxylic acids is 2. The van der Waals surface area contributed by atoms with Crippen molar-refractivity contribution in [1.29, 1.82) is 0 Å². The van der Waals surface area contributed by atoms with E-state index in [-0.39, 0.29) is 6.54 Å². The highest BCUT2D eigenvalue weighted by Gasteiger charge is 2.85. The Morgan fingerprint density at radius 1 is 0.732 bits per heavy atom. The SMILES string of the molecule is CC(C)(C)OC(=O)N1CCC23c4ccccc4N(C(=O)OC(C)(C)C)C2(C1)OC3(c1ccccc1)c1ccccc1. The first-order valence-corrected chi connectivity index (χ1v) is 14.3. The number of fused-ring (bicyclic) bond motifs is 1. The molecule has 6 rings (SSSR count). The molecule has 0 N–H and O–H groups in total. The van der Waals surface area contributed by atoms with E-state index in [4.69, 9.17) is 14.2 Å². The highest BCUT2D eigenvalue weighted by molar-refractivity contribution is 5.96. The molecule has 2 atom stereocenters. The molecule has 0 bridgehead atoms. The van der Waals surface area contributed by atoms with Gasteiger partial charge in [0.2, 0.25) is 0 Å². The van der Waals surface area contributed by atoms with Gasteiger partial charge in [-0.25, -0.2) is 14.5 Å². The fourth-order valence-corrected chi connectivity index (χ4v) is 7.06. The second kappa shape index (κ2) is 9.08. The summed E-state index contributed by atoms with van der Waals surface area (Å²) in [4.78, 5) is 30.9. The van der Waals surface area contributed by atoms with Gasteiger partial charge in [0.15, 0.2) is 5.72 Å². The number of likely N-dealkylation sites (tertiary alicyclic amines) is 1. The third kappa shape index (κ3) is 3.89. The first kappa shape index (κ1) is 27.3. The van der Waals surface area contributed by atoms with Gasteiger partial charge in [0.25, 0.3) is 0 Å². The molecular weight excluding hydrogens is 516 g/mol. The van der Waals surface area contributed by atoms with Gasteiger partial charge in [0.1, 0.15) is 16.8 Å². The van der Waals surface area contributed by atoms with Crippen LogP contribution in [0.2, 0.25) is 0 Å². The molecule has 0 aromatic heterocycles. The van der Waals surface area contributed by atoms with Crippen LogP contribution in [0.5, 0.6) is 0 Å². The van der Waals surface area contributed by atoms with E-state index in [2.05, 4.69) is 30.3 Å². The summed E-state index contributed by atoms with van der Waals surface area (Å²) in [5.41, 5.74) is -0.508. The highest BCUT2D eigenvalue weighted by atomic mass is 16.6. The largest absolute Gasteiger partial charge is 0.444 e.